The maximum atomic E-state index is 13.0. The minimum absolute atomic E-state index is 0.0182. The van der Waals surface area contributed by atoms with Crippen molar-refractivity contribution in [3.63, 3.8) is 0 Å². The Labute approximate surface area is 117 Å². The van der Waals surface area contributed by atoms with Gasteiger partial charge in [0.25, 0.3) is 5.91 Å². The molecule has 0 aliphatic carbocycles. The van der Waals surface area contributed by atoms with Crippen LogP contribution in [0.5, 0.6) is 0 Å². The minimum atomic E-state index is -0.740. The number of hydrogen-bond donors (Lipinski definition) is 2. The Morgan fingerprint density at radius 1 is 1.20 bits per heavy atom. The molecule has 6 heteroatoms. The summed E-state index contributed by atoms with van der Waals surface area (Å²) in [4.78, 5) is 14.1. The lowest BCUT2D eigenvalue weighted by molar-refractivity contribution is 0.0950. The fourth-order valence-corrected chi connectivity index (χ4v) is 2.23. The monoisotopic (exact) mass is 283 g/mol. The first-order chi connectivity index (χ1) is 9.65. The molecule has 20 heavy (non-hydrogen) atoms. The zero-order valence-corrected chi connectivity index (χ0v) is 11.3. The first kappa shape index (κ1) is 14.9. The molecular weight excluding hydrogens is 264 g/mol. The average Bonchev–Trinajstić information content (AvgIpc) is 2.43. The molecular formula is C14H19F2N3O. The number of nitrogens with one attached hydrogen (secondary N) is 2. The van der Waals surface area contributed by atoms with E-state index >= 15 is 0 Å². The number of benzene rings is 1. The van der Waals surface area contributed by atoms with Crippen LogP contribution in [-0.2, 0) is 0 Å². The highest BCUT2D eigenvalue weighted by Gasteiger charge is 2.10. The molecule has 1 heterocycles. The van der Waals surface area contributed by atoms with Crippen LogP contribution in [0.1, 0.15) is 16.8 Å². The van der Waals surface area contributed by atoms with Gasteiger partial charge in [-0.3, -0.25) is 4.79 Å². The van der Waals surface area contributed by atoms with Crippen molar-refractivity contribution in [3.8, 4) is 0 Å². The second kappa shape index (κ2) is 7.31. The molecule has 0 aromatic heterocycles. The quantitative estimate of drug-likeness (QED) is 0.792. The number of rotatable bonds is 5. The number of nitrogens with zero attached hydrogens (tertiary/aromatic N) is 1. The molecule has 0 bridgehead atoms. The summed E-state index contributed by atoms with van der Waals surface area (Å²) in [6, 6.07) is 2.82. The first-order valence-corrected chi connectivity index (χ1v) is 6.82. The third kappa shape index (κ3) is 4.54. The van der Waals surface area contributed by atoms with Crippen LogP contribution in [0, 0.1) is 11.6 Å². The van der Waals surface area contributed by atoms with Crippen LogP contribution in [0.25, 0.3) is 0 Å². The van der Waals surface area contributed by atoms with Gasteiger partial charge in [-0.2, -0.15) is 0 Å². The van der Waals surface area contributed by atoms with Crippen molar-refractivity contribution in [2.75, 3.05) is 39.3 Å². The predicted molar refractivity (Wildman–Crippen MR) is 72.6 cm³/mol. The summed E-state index contributed by atoms with van der Waals surface area (Å²) < 4.78 is 26.0. The fourth-order valence-electron chi connectivity index (χ4n) is 2.23. The SMILES string of the molecule is O=C(NCCCN1CCNCC1)c1cc(F)cc(F)c1. The van der Waals surface area contributed by atoms with Crippen molar-refractivity contribution in [2.45, 2.75) is 6.42 Å². The van der Waals surface area contributed by atoms with Crippen LogP contribution in [0.4, 0.5) is 8.78 Å². The predicted octanol–water partition coefficient (Wildman–Crippen LogP) is 0.990. The number of hydrogen-bond acceptors (Lipinski definition) is 3. The van der Waals surface area contributed by atoms with Crippen LogP contribution in [0.2, 0.25) is 0 Å². The van der Waals surface area contributed by atoms with Crippen molar-refractivity contribution >= 4 is 5.91 Å². The van der Waals surface area contributed by atoms with E-state index in [0.717, 1.165) is 57.3 Å². The van der Waals surface area contributed by atoms with E-state index in [1.165, 1.54) is 0 Å². The Morgan fingerprint density at radius 2 is 1.85 bits per heavy atom. The standard InChI is InChI=1S/C14H19F2N3O/c15-12-8-11(9-13(16)10-12)14(20)18-2-1-5-19-6-3-17-4-7-19/h8-10,17H,1-7H2,(H,18,20). The van der Waals surface area contributed by atoms with Gasteiger partial charge in [0, 0.05) is 44.4 Å². The molecule has 0 spiro atoms. The molecule has 1 aliphatic heterocycles. The summed E-state index contributed by atoms with van der Waals surface area (Å²) in [5.74, 6) is -1.92. The molecule has 1 aromatic rings. The lowest BCUT2D eigenvalue weighted by Crippen LogP contribution is -2.44. The van der Waals surface area contributed by atoms with Gasteiger partial charge in [0.1, 0.15) is 11.6 Å². The van der Waals surface area contributed by atoms with Crippen molar-refractivity contribution in [3.05, 3.63) is 35.4 Å². The number of carbonyl (C=O) groups excluding carboxylic acids is 1. The van der Waals surface area contributed by atoms with Gasteiger partial charge in [-0.05, 0) is 25.1 Å². The van der Waals surface area contributed by atoms with Crippen molar-refractivity contribution in [2.24, 2.45) is 0 Å². The van der Waals surface area contributed by atoms with E-state index in [0.29, 0.717) is 6.54 Å². The second-order valence-corrected chi connectivity index (χ2v) is 4.86. The van der Waals surface area contributed by atoms with Crippen molar-refractivity contribution in [1.29, 1.82) is 0 Å². The zero-order chi connectivity index (χ0) is 14.4. The van der Waals surface area contributed by atoms with Gasteiger partial charge in [-0.1, -0.05) is 0 Å². The second-order valence-electron chi connectivity index (χ2n) is 4.86. The highest BCUT2D eigenvalue weighted by molar-refractivity contribution is 5.94. The molecule has 110 valence electrons. The Kier molecular flexibility index (Phi) is 5.43. The minimum Gasteiger partial charge on any atom is -0.352 e. The third-order valence-corrected chi connectivity index (χ3v) is 3.27. The van der Waals surface area contributed by atoms with Gasteiger partial charge in [0.15, 0.2) is 0 Å². The smallest absolute Gasteiger partial charge is 0.251 e. The summed E-state index contributed by atoms with van der Waals surface area (Å²) in [5, 5.41) is 5.95. The first-order valence-electron chi connectivity index (χ1n) is 6.82. The maximum absolute atomic E-state index is 13.0. The summed E-state index contributed by atoms with van der Waals surface area (Å²) in [5.41, 5.74) is 0.0182. The molecule has 1 aromatic carbocycles. The van der Waals surface area contributed by atoms with E-state index in [2.05, 4.69) is 15.5 Å². The lowest BCUT2D eigenvalue weighted by Gasteiger charge is -2.27. The third-order valence-electron chi connectivity index (χ3n) is 3.27. The van der Waals surface area contributed by atoms with Crippen LogP contribution < -0.4 is 10.6 Å². The van der Waals surface area contributed by atoms with E-state index < -0.39 is 17.5 Å². The number of piperazine rings is 1. The summed E-state index contributed by atoms with van der Waals surface area (Å²) in [6.07, 6.45) is 0.823. The van der Waals surface area contributed by atoms with E-state index in [4.69, 9.17) is 0 Å². The van der Waals surface area contributed by atoms with Crippen molar-refractivity contribution < 1.29 is 13.6 Å². The van der Waals surface area contributed by atoms with Crippen LogP contribution >= 0.6 is 0 Å². The van der Waals surface area contributed by atoms with E-state index in [1.807, 2.05) is 0 Å². The largest absolute Gasteiger partial charge is 0.352 e. The highest BCUT2D eigenvalue weighted by Crippen LogP contribution is 2.07. The zero-order valence-electron chi connectivity index (χ0n) is 11.3. The maximum Gasteiger partial charge on any atom is 0.251 e. The van der Waals surface area contributed by atoms with Gasteiger partial charge >= 0.3 is 0 Å². The van der Waals surface area contributed by atoms with E-state index in [1.54, 1.807) is 0 Å². The van der Waals surface area contributed by atoms with Gasteiger partial charge < -0.3 is 15.5 Å². The molecule has 1 fully saturated rings. The topological polar surface area (TPSA) is 44.4 Å². The molecule has 0 radical (unpaired) electrons. The average molecular weight is 283 g/mol. The van der Waals surface area contributed by atoms with Gasteiger partial charge in [-0.25, -0.2) is 8.78 Å². The number of halogens is 2. The summed E-state index contributed by atoms with van der Waals surface area (Å²) in [6.45, 7) is 5.44. The van der Waals surface area contributed by atoms with Gasteiger partial charge in [-0.15, -0.1) is 0 Å². The summed E-state index contributed by atoms with van der Waals surface area (Å²) >= 11 is 0. The lowest BCUT2D eigenvalue weighted by atomic mass is 10.2. The van der Waals surface area contributed by atoms with E-state index in [-0.39, 0.29) is 5.56 Å². The van der Waals surface area contributed by atoms with Crippen LogP contribution in [0.15, 0.2) is 18.2 Å². The fraction of sp³-hybridized carbons (Fsp3) is 0.500. The normalized spacial score (nSPS) is 16.1. The number of amides is 1. The molecule has 0 atom stereocenters. The molecule has 2 rings (SSSR count). The van der Waals surface area contributed by atoms with Crippen molar-refractivity contribution in [1.82, 2.24) is 15.5 Å². The molecule has 4 nitrogen and oxygen atoms in total. The molecule has 1 aliphatic rings. The summed E-state index contributed by atoms with van der Waals surface area (Å²) in [7, 11) is 0. The molecule has 0 unspecified atom stereocenters. The Hall–Kier alpha value is -1.53. The van der Waals surface area contributed by atoms with Crippen LogP contribution in [0.3, 0.4) is 0 Å². The molecule has 2 N–H and O–H groups in total. The highest BCUT2D eigenvalue weighted by atomic mass is 19.1. The van der Waals surface area contributed by atoms with E-state index in [9.17, 15) is 13.6 Å². The molecule has 1 saturated heterocycles. The Bertz CT molecular complexity index is 441. The molecule has 0 saturated carbocycles. The Morgan fingerprint density at radius 3 is 2.50 bits per heavy atom. The van der Waals surface area contributed by atoms with Crippen LogP contribution in [-0.4, -0.2) is 50.1 Å². The molecule has 1 amide bonds. The number of carbonyl (C=O) groups is 1. The Balaban J connectivity index is 1.71. The van der Waals surface area contributed by atoms with Gasteiger partial charge in [0.2, 0.25) is 0 Å². The van der Waals surface area contributed by atoms with Gasteiger partial charge in [0.05, 0.1) is 0 Å².